The number of rotatable bonds is 6. The number of benzene rings is 3. The van der Waals surface area contributed by atoms with Gasteiger partial charge in [-0.3, -0.25) is 14.6 Å². The van der Waals surface area contributed by atoms with E-state index in [0.717, 1.165) is 17.5 Å². The van der Waals surface area contributed by atoms with Crippen LogP contribution < -0.4 is 10.2 Å². The molecule has 0 atom stereocenters. The van der Waals surface area contributed by atoms with Gasteiger partial charge in [-0.15, -0.1) is 0 Å². The van der Waals surface area contributed by atoms with Crippen LogP contribution in [-0.2, 0) is 22.6 Å². The molecule has 162 valence electrons. The monoisotopic (exact) mass is 445 g/mol. The van der Waals surface area contributed by atoms with E-state index >= 15 is 0 Å². The van der Waals surface area contributed by atoms with Crippen LogP contribution in [0.4, 0.5) is 11.4 Å². The molecule has 3 aromatic rings. The lowest BCUT2D eigenvalue weighted by Gasteiger charge is -2.22. The van der Waals surface area contributed by atoms with Crippen LogP contribution in [-0.4, -0.2) is 24.1 Å². The third-order valence-corrected chi connectivity index (χ3v) is 5.70. The van der Waals surface area contributed by atoms with Crippen molar-refractivity contribution < 1.29 is 9.59 Å². The van der Waals surface area contributed by atoms with Crippen LogP contribution in [0.15, 0.2) is 77.8 Å². The van der Waals surface area contributed by atoms with Crippen molar-refractivity contribution in [1.29, 1.82) is 0 Å². The molecule has 0 saturated heterocycles. The van der Waals surface area contributed by atoms with Gasteiger partial charge in [0.25, 0.3) is 0 Å². The number of para-hydroxylation sites is 2. The highest BCUT2D eigenvalue weighted by Crippen LogP contribution is 2.32. The lowest BCUT2D eigenvalue weighted by molar-refractivity contribution is -0.123. The molecular formula is C26H24ClN3O2. The number of anilines is 1. The molecule has 0 fully saturated rings. The molecule has 32 heavy (non-hydrogen) atoms. The topological polar surface area (TPSA) is 61.8 Å². The Hall–Kier alpha value is -3.44. The molecule has 1 aliphatic rings. The number of hydrogen-bond acceptors (Lipinski definition) is 3. The highest BCUT2D eigenvalue weighted by Gasteiger charge is 2.26. The summed E-state index contributed by atoms with van der Waals surface area (Å²) >= 11 is 5.91. The normalized spacial score (nSPS) is 13.2. The summed E-state index contributed by atoms with van der Waals surface area (Å²) in [7, 11) is 0. The summed E-state index contributed by atoms with van der Waals surface area (Å²) in [6, 6.07) is 22.8. The predicted molar refractivity (Wildman–Crippen MR) is 129 cm³/mol. The first-order valence-electron chi connectivity index (χ1n) is 10.6. The number of hydrogen-bond donors (Lipinski definition) is 1. The lowest BCUT2D eigenvalue weighted by Crippen LogP contribution is -2.41. The molecule has 1 aliphatic heterocycles. The minimum absolute atomic E-state index is 0.0684. The number of nitrogens with zero attached hydrogens (tertiary/aromatic N) is 2. The van der Waals surface area contributed by atoms with Crippen molar-refractivity contribution >= 4 is 40.5 Å². The standard InChI is InChI=1S/C26H24ClN3O2/c1-2-18-7-11-20(12-8-18)23-15-26(32)30(24-6-4-3-5-22(24)29-23)17-25(31)28-16-19-9-13-21(27)14-10-19/h3-14H,2,15-17H2,1H3,(H,28,31). The van der Waals surface area contributed by atoms with E-state index < -0.39 is 0 Å². The number of fused-ring (bicyclic) bond motifs is 1. The van der Waals surface area contributed by atoms with Gasteiger partial charge in [-0.05, 0) is 47.4 Å². The molecule has 6 heteroatoms. The maximum atomic E-state index is 13.2. The van der Waals surface area contributed by atoms with Crippen molar-refractivity contribution in [3.05, 3.63) is 94.5 Å². The minimum atomic E-state index is -0.237. The molecule has 0 bridgehead atoms. The first kappa shape index (κ1) is 21.8. The Morgan fingerprint density at radius 2 is 1.69 bits per heavy atom. The molecule has 0 aliphatic carbocycles. The van der Waals surface area contributed by atoms with E-state index in [0.29, 0.717) is 28.7 Å². The van der Waals surface area contributed by atoms with Crippen LogP contribution in [0.3, 0.4) is 0 Å². The molecule has 0 aromatic heterocycles. The second-order valence-corrected chi connectivity index (χ2v) is 8.09. The summed E-state index contributed by atoms with van der Waals surface area (Å²) < 4.78 is 0. The predicted octanol–water partition coefficient (Wildman–Crippen LogP) is 5.08. The van der Waals surface area contributed by atoms with Gasteiger partial charge in [-0.2, -0.15) is 0 Å². The van der Waals surface area contributed by atoms with Crippen LogP contribution in [0, 0.1) is 0 Å². The highest BCUT2D eigenvalue weighted by atomic mass is 35.5. The summed E-state index contributed by atoms with van der Waals surface area (Å²) in [5, 5.41) is 3.53. The van der Waals surface area contributed by atoms with Gasteiger partial charge in [0.15, 0.2) is 0 Å². The molecule has 1 heterocycles. The third-order valence-electron chi connectivity index (χ3n) is 5.45. The molecule has 0 saturated carbocycles. The number of amides is 2. The summed E-state index contributed by atoms with van der Waals surface area (Å²) in [6.07, 6.45) is 1.08. The smallest absolute Gasteiger partial charge is 0.240 e. The molecule has 0 radical (unpaired) electrons. The number of carbonyl (C=O) groups is 2. The fraction of sp³-hybridized carbons (Fsp3) is 0.192. The fourth-order valence-electron chi connectivity index (χ4n) is 3.62. The molecule has 4 rings (SSSR count). The zero-order chi connectivity index (χ0) is 22.5. The summed E-state index contributed by atoms with van der Waals surface area (Å²) in [4.78, 5) is 32.2. The van der Waals surface area contributed by atoms with E-state index in [1.54, 1.807) is 12.1 Å². The molecule has 0 unspecified atom stereocenters. The maximum absolute atomic E-state index is 13.2. The van der Waals surface area contributed by atoms with E-state index in [1.807, 2.05) is 48.5 Å². The van der Waals surface area contributed by atoms with Gasteiger partial charge >= 0.3 is 0 Å². The number of aryl methyl sites for hydroxylation is 1. The van der Waals surface area contributed by atoms with Crippen molar-refractivity contribution in [2.75, 3.05) is 11.4 Å². The average Bonchev–Trinajstić information content (AvgIpc) is 2.95. The lowest BCUT2D eigenvalue weighted by atomic mass is 10.0. The fourth-order valence-corrected chi connectivity index (χ4v) is 3.75. The van der Waals surface area contributed by atoms with Crippen molar-refractivity contribution in [3.8, 4) is 0 Å². The minimum Gasteiger partial charge on any atom is -0.350 e. The zero-order valence-corrected chi connectivity index (χ0v) is 18.6. The van der Waals surface area contributed by atoms with Crippen LogP contribution in [0.1, 0.15) is 30.0 Å². The van der Waals surface area contributed by atoms with Gasteiger partial charge in [0, 0.05) is 11.6 Å². The molecular weight excluding hydrogens is 422 g/mol. The first-order chi connectivity index (χ1) is 15.5. The maximum Gasteiger partial charge on any atom is 0.240 e. The zero-order valence-electron chi connectivity index (χ0n) is 17.8. The van der Waals surface area contributed by atoms with Gasteiger partial charge in [0.2, 0.25) is 11.8 Å². The van der Waals surface area contributed by atoms with Crippen molar-refractivity contribution in [2.24, 2.45) is 4.99 Å². The van der Waals surface area contributed by atoms with Crippen molar-refractivity contribution in [2.45, 2.75) is 26.3 Å². The Bertz CT molecular complexity index is 1150. The van der Waals surface area contributed by atoms with Crippen molar-refractivity contribution in [3.63, 3.8) is 0 Å². The van der Waals surface area contributed by atoms with Gasteiger partial charge in [0.05, 0.1) is 23.5 Å². The van der Waals surface area contributed by atoms with Crippen molar-refractivity contribution in [1.82, 2.24) is 5.32 Å². The summed E-state index contributed by atoms with van der Waals surface area (Å²) in [6.45, 7) is 2.40. The van der Waals surface area contributed by atoms with Gasteiger partial charge in [-0.25, -0.2) is 0 Å². The number of carbonyl (C=O) groups excluding carboxylic acids is 2. The highest BCUT2D eigenvalue weighted by molar-refractivity contribution is 6.30. The van der Waals surface area contributed by atoms with Crippen LogP contribution in [0.2, 0.25) is 5.02 Å². The number of aliphatic imine (C=N–C) groups is 1. The van der Waals surface area contributed by atoms with Gasteiger partial charge in [-0.1, -0.05) is 67.1 Å². The van der Waals surface area contributed by atoms with Gasteiger partial charge < -0.3 is 10.2 Å². The van der Waals surface area contributed by atoms with E-state index in [2.05, 4.69) is 24.4 Å². The van der Waals surface area contributed by atoms with E-state index in [9.17, 15) is 9.59 Å². The molecule has 0 spiro atoms. The first-order valence-corrected chi connectivity index (χ1v) is 11.0. The molecule has 2 amide bonds. The largest absolute Gasteiger partial charge is 0.350 e. The second-order valence-electron chi connectivity index (χ2n) is 7.66. The molecule has 1 N–H and O–H groups in total. The number of halogens is 1. The Balaban J connectivity index is 1.52. The Kier molecular flexibility index (Phi) is 6.66. The Labute approximate surface area is 192 Å². The van der Waals surface area contributed by atoms with E-state index in [4.69, 9.17) is 16.6 Å². The third kappa shape index (κ3) is 5.06. The van der Waals surface area contributed by atoms with Crippen LogP contribution in [0.5, 0.6) is 0 Å². The summed E-state index contributed by atoms with van der Waals surface area (Å²) in [5.74, 6) is -0.395. The van der Waals surface area contributed by atoms with Crippen LogP contribution in [0.25, 0.3) is 0 Å². The Morgan fingerprint density at radius 3 is 2.41 bits per heavy atom. The Morgan fingerprint density at radius 1 is 1.00 bits per heavy atom. The quantitative estimate of drug-likeness (QED) is 0.575. The number of nitrogens with one attached hydrogen (secondary N) is 1. The SMILES string of the molecule is CCc1ccc(C2=Nc3ccccc3N(CC(=O)NCc3ccc(Cl)cc3)C(=O)C2)cc1. The van der Waals surface area contributed by atoms with Crippen LogP contribution >= 0.6 is 11.6 Å². The summed E-state index contributed by atoms with van der Waals surface area (Å²) in [5.41, 5.74) is 5.10. The average molecular weight is 446 g/mol. The van der Waals surface area contributed by atoms with E-state index in [1.165, 1.54) is 10.5 Å². The molecule has 3 aromatic carbocycles. The second kappa shape index (κ2) is 9.79. The van der Waals surface area contributed by atoms with Gasteiger partial charge in [0.1, 0.15) is 6.54 Å². The van der Waals surface area contributed by atoms with E-state index in [-0.39, 0.29) is 24.8 Å². The molecule has 5 nitrogen and oxygen atoms in total.